The van der Waals surface area contributed by atoms with E-state index in [2.05, 4.69) is 5.32 Å². The topological polar surface area (TPSA) is 52.5 Å². The van der Waals surface area contributed by atoms with Crippen LogP contribution in [0.1, 0.15) is 25.3 Å². The van der Waals surface area contributed by atoms with E-state index in [0.29, 0.717) is 15.6 Å². The minimum Gasteiger partial charge on any atom is -0.508 e. The molecule has 0 spiro atoms. The van der Waals surface area contributed by atoms with Gasteiger partial charge in [0.05, 0.1) is 15.6 Å². The molecule has 3 nitrogen and oxygen atoms in total. The maximum Gasteiger partial charge on any atom is 0.123 e. The van der Waals surface area contributed by atoms with Crippen LogP contribution in [0.3, 0.4) is 0 Å². The van der Waals surface area contributed by atoms with Gasteiger partial charge in [-0.05, 0) is 44.8 Å². The summed E-state index contributed by atoms with van der Waals surface area (Å²) in [7, 11) is 0. The van der Waals surface area contributed by atoms with Gasteiger partial charge in [0.25, 0.3) is 0 Å². The molecular formula is C13H17Cl2NO2. The molecule has 2 rings (SSSR count). The first-order chi connectivity index (χ1) is 8.43. The van der Waals surface area contributed by atoms with Crippen molar-refractivity contribution in [1.29, 1.82) is 0 Å². The maximum absolute atomic E-state index is 10.7. The number of phenolic OH excluding ortho intramolecular Hbond substituents is 1. The lowest BCUT2D eigenvalue weighted by Crippen LogP contribution is -2.39. The molecule has 0 aliphatic carbocycles. The SMILES string of the molecule is C[C@@](O)(c1cc(Cl)c(Cl)cc1O)C1CCNCC1. The zero-order valence-corrected chi connectivity index (χ0v) is 11.7. The number of hydrogen-bond donors (Lipinski definition) is 3. The van der Waals surface area contributed by atoms with E-state index in [0.717, 1.165) is 25.9 Å². The predicted octanol–water partition coefficient (Wildman–Crippen LogP) is 2.91. The van der Waals surface area contributed by atoms with E-state index in [1.807, 2.05) is 0 Å². The molecule has 1 saturated heterocycles. The summed E-state index contributed by atoms with van der Waals surface area (Å²) in [6.45, 7) is 3.48. The van der Waals surface area contributed by atoms with Crippen molar-refractivity contribution >= 4 is 23.2 Å². The van der Waals surface area contributed by atoms with E-state index < -0.39 is 5.60 Å². The van der Waals surface area contributed by atoms with Crippen LogP contribution in [-0.2, 0) is 5.60 Å². The second kappa shape index (κ2) is 5.25. The number of halogens is 2. The Bertz CT molecular complexity index is 443. The fraction of sp³-hybridized carbons (Fsp3) is 0.538. The molecule has 1 aromatic carbocycles. The van der Waals surface area contributed by atoms with Gasteiger partial charge in [-0.1, -0.05) is 23.2 Å². The second-order valence-corrected chi connectivity index (χ2v) is 5.77. The first-order valence-electron chi connectivity index (χ1n) is 6.04. The van der Waals surface area contributed by atoms with Gasteiger partial charge in [-0.3, -0.25) is 0 Å². The van der Waals surface area contributed by atoms with Crippen molar-refractivity contribution in [2.75, 3.05) is 13.1 Å². The molecule has 1 atom stereocenters. The zero-order valence-electron chi connectivity index (χ0n) is 10.2. The Morgan fingerprint density at radius 3 is 2.39 bits per heavy atom. The fourth-order valence-electron chi connectivity index (χ4n) is 2.55. The molecule has 5 heteroatoms. The average Bonchev–Trinajstić information content (AvgIpc) is 2.34. The molecule has 1 aliphatic heterocycles. The Hall–Kier alpha value is -0.480. The maximum atomic E-state index is 10.7. The molecular weight excluding hydrogens is 273 g/mol. The van der Waals surface area contributed by atoms with E-state index >= 15 is 0 Å². The highest BCUT2D eigenvalue weighted by Gasteiger charge is 2.36. The Morgan fingerprint density at radius 1 is 1.22 bits per heavy atom. The van der Waals surface area contributed by atoms with E-state index in [1.54, 1.807) is 13.0 Å². The highest BCUT2D eigenvalue weighted by molar-refractivity contribution is 6.42. The van der Waals surface area contributed by atoms with Crippen LogP contribution >= 0.6 is 23.2 Å². The molecule has 0 aromatic heterocycles. The van der Waals surface area contributed by atoms with Gasteiger partial charge in [0, 0.05) is 11.6 Å². The van der Waals surface area contributed by atoms with Gasteiger partial charge >= 0.3 is 0 Å². The van der Waals surface area contributed by atoms with E-state index in [-0.39, 0.29) is 11.7 Å². The Balaban J connectivity index is 2.36. The molecule has 0 radical (unpaired) electrons. The molecule has 0 amide bonds. The number of aromatic hydroxyl groups is 1. The number of benzene rings is 1. The molecule has 1 aliphatic rings. The third kappa shape index (κ3) is 2.59. The van der Waals surface area contributed by atoms with Crippen molar-refractivity contribution in [3.8, 4) is 5.75 Å². The van der Waals surface area contributed by atoms with Crippen molar-refractivity contribution < 1.29 is 10.2 Å². The first-order valence-corrected chi connectivity index (χ1v) is 6.80. The summed E-state index contributed by atoms with van der Waals surface area (Å²) in [6, 6.07) is 2.94. The van der Waals surface area contributed by atoms with Crippen molar-refractivity contribution in [2.24, 2.45) is 5.92 Å². The van der Waals surface area contributed by atoms with Crippen LogP contribution in [0, 0.1) is 5.92 Å². The lowest BCUT2D eigenvalue weighted by Gasteiger charge is -2.36. The monoisotopic (exact) mass is 289 g/mol. The van der Waals surface area contributed by atoms with Gasteiger partial charge in [-0.25, -0.2) is 0 Å². The summed E-state index contributed by atoms with van der Waals surface area (Å²) >= 11 is 11.8. The summed E-state index contributed by atoms with van der Waals surface area (Å²) in [5, 5.41) is 24.6. The van der Waals surface area contributed by atoms with Gasteiger partial charge in [0.2, 0.25) is 0 Å². The molecule has 3 N–H and O–H groups in total. The molecule has 1 fully saturated rings. The lowest BCUT2D eigenvalue weighted by molar-refractivity contribution is -0.0203. The summed E-state index contributed by atoms with van der Waals surface area (Å²) in [6.07, 6.45) is 1.74. The Morgan fingerprint density at radius 2 is 1.78 bits per heavy atom. The third-order valence-corrected chi connectivity index (χ3v) is 4.44. The molecule has 1 heterocycles. The number of hydrogen-bond acceptors (Lipinski definition) is 3. The Kier molecular flexibility index (Phi) is 4.07. The lowest BCUT2D eigenvalue weighted by atomic mass is 9.77. The van der Waals surface area contributed by atoms with Crippen LogP contribution in [0.15, 0.2) is 12.1 Å². The van der Waals surface area contributed by atoms with Crippen molar-refractivity contribution in [3.63, 3.8) is 0 Å². The quantitative estimate of drug-likeness (QED) is 0.785. The summed E-state index contributed by atoms with van der Waals surface area (Å²) in [4.78, 5) is 0. The highest BCUT2D eigenvalue weighted by atomic mass is 35.5. The number of rotatable bonds is 2. The molecule has 1 aromatic rings. The van der Waals surface area contributed by atoms with E-state index in [4.69, 9.17) is 23.2 Å². The van der Waals surface area contributed by atoms with Crippen molar-refractivity contribution in [3.05, 3.63) is 27.7 Å². The summed E-state index contributed by atoms with van der Waals surface area (Å²) < 4.78 is 0. The predicted molar refractivity (Wildman–Crippen MR) is 73.3 cm³/mol. The third-order valence-electron chi connectivity index (χ3n) is 3.72. The molecule has 0 unspecified atom stereocenters. The van der Waals surface area contributed by atoms with Gasteiger partial charge in [0.1, 0.15) is 5.75 Å². The van der Waals surface area contributed by atoms with Crippen LogP contribution in [0.4, 0.5) is 0 Å². The zero-order chi connectivity index (χ0) is 13.3. The van der Waals surface area contributed by atoms with Gasteiger partial charge in [-0.2, -0.15) is 0 Å². The largest absolute Gasteiger partial charge is 0.508 e. The number of piperidine rings is 1. The van der Waals surface area contributed by atoms with Crippen molar-refractivity contribution in [2.45, 2.75) is 25.4 Å². The second-order valence-electron chi connectivity index (χ2n) is 4.96. The van der Waals surface area contributed by atoms with Gasteiger partial charge in [0.15, 0.2) is 0 Å². The Labute approximate surface area is 117 Å². The van der Waals surface area contributed by atoms with Gasteiger partial charge < -0.3 is 15.5 Å². The van der Waals surface area contributed by atoms with Crippen LogP contribution in [-0.4, -0.2) is 23.3 Å². The minimum atomic E-state index is -1.10. The standard InChI is InChI=1S/C13H17Cl2NO2/c1-13(18,8-2-4-16-5-3-8)9-6-10(14)11(15)7-12(9)17/h6-8,16-18H,2-5H2,1H3/t13-/m0/s1. The number of aliphatic hydroxyl groups is 1. The highest BCUT2D eigenvalue weighted by Crippen LogP contribution is 2.42. The smallest absolute Gasteiger partial charge is 0.123 e. The molecule has 0 bridgehead atoms. The number of nitrogens with one attached hydrogen (secondary N) is 1. The van der Waals surface area contributed by atoms with E-state index in [1.165, 1.54) is 6.07 Å². The minimum absolute atomic E-state index is 0.00654. The van der Waals surface area contributed by atoms with Crippen LogP contribution < -0.4 is 5.32 Å². The van der Waals surface area contributed by atoms with Gasteiger partial charge in [-0.15, -0.1) is 0 Å². The average molecular weight is 290 g/mol. The van der Waals surface area contributed by atoms with Crippen molar-refractivity contribution in [1.82, 2.24) is 5.32 Å². The first kappa shape index (κ1) is 13.9. The fourth-order valence-corrected chi connectivity index (χ4v) is 2.87. The molecule has 18 heavy (non-hydrogen) atoms. The van der Waals surface area contributed by atoms with E-state index in [9.17, 15) is 10.2 Å². The molecule has 0 saturated carbocycles. The van der Waals surface area contributed by atoms with Crippen LogP contribution in [0.25, 0.3) is 0 Å². The van der Waals surface area contributed by atoms with Crippen LogP contribution in [0.2, 0.25) is 10.0 Å². The summed E-state index contributed by atoms with van der Waals surface area (Å²) in [5.41, 5.74) is -0.649. The number of phenols is 1. The summed E-state index contributed by atoms with van der Waals surface area (Å²) in [5.74, 6) is 0.0924. The molecule has 100 valence electrons. The normalized spacial score (nSPS) is 20.7. The van der Waals surface area contributed by atoms with Crippen LogP contribution in [0.5, 0.6) is 5.75 Å².